The lowest BCUT2D eigenvalue weighted by Gasteiger charge is -2.51. The van der Waals surface area contributed by atoms with Crippen LogP contribution in [0.4, 0.5) is 11.4 Å². The van der Waals surface area contributed by atoms with E-state index in [0.29, 0.717) is 35.5 Å². The van der Waals surface area contributed by atoms with Crippen LogP contribution in [0.25, 0.3) is 0 Å². The summed E-state index contributed by atoms with van der Waals surface area (Å²) in [6.45, 7) is 13.3. The highest BCUT2D eigenvalue weighted by molar-refractivity contribution is 6.07. The normalized spacial score (nSPS) is 30.4. The summed E-state index contributed by atoms with van der Waals surface area (Å²) in [5.74, 6) is 0.203. The third-order valence-corrected chi connectivity index (χ3v) is 16.9. The molecule has 6 aromatic carbocycles. The van der Waals surface area contributed by atoms with Crippen LogP contribution in [0.5, 0.6) is 11.5 Å². The van der Waals surface area contributed by atoms with Crippen molar-refractivity contribution in [1.29, 1.82) is 0 Å². The number of Topliss-reactive ketones (excluding diaryl/α,β-unsaturated/α-hetero) is 2. The minimum atomic E-state index is -1.39. The molecule has 8 atom stereocenters. The highest BCUT2D eigenvalue weighted by atomic mass is 16.7. The number of fused-ring (bicyclic) bond motifs is 4. The van der Waals surface area contributed by atoms with E-state index in [4.69, 9.17) is 19.1 Å². The second-order valence-corrected chi connectivity index (χ2v) is 22.8. The van der Waals surface area contributed by atoms with Crippen LogP contribution in [-0.2, 0) is 44.9 Å². The van der Waals surface area contributed by atoms with Crippen molar-refractivity contribution in [3.05, 3.63) is 214 Å². The highest BCUT2D eigenvalue weighted by Gasteiger charge is 2.75. The molecule has 0 N–H and O–H groups in total. The molecule has 0 saturated carbocycles. The molecule has 0 radical (unpaired) electrons. The van der Waals surface area contributed by atoms with Gasteiger partial charge in [0.1, 0.15) is 22.7 Å². The van der Waals surface area contributed by atoms with Crippen LogP contribution < -0.4 is 19.6 Å². The number of hydrogen-bond acceptors (Lipinski definition) is 8. The summed E-state index contributed by atoms with van der Waals surface area (Å²) in [6.07, 6.45) is 5.49. The Hall–Kier alpha value is -6.74. The van der Waals surface area contributed by atoms with Crippen LogP contribution in [0.3, 0.4) is 0 Å². The molecule has 13 rings (SSSR count). The number of benzene rings is 6. The number of para-hydroxylation sites is 4. The van der Waals surface area contributed by atoms with Crippen LogP contribution in [0, 0.1) is 22.7 Å². The van der Waals surface area contributed by atoms with Gasteiger partial charge in [-0.25, -0.2) is 10.1 Å². The summed E-state index contributed by atoms with van der Waals surface area (Å²) >= 11 is 0. The summed E-state index contributed by atoms with van der Waals surface area (Å²) in [5.41, 5.74) is 2.73. The molecule has 6 bridgehead atoms. The third kappa shape index (κ3) is 5.83. The Kier molecular flexibility index (Phi) is 9.21. The lowest BCUT2D eigenvalue weighted by molar-refractivity contribution is -0.155. The van der Waals surface area contributed by atoms with Crippen molar-refractivity contribution < 1.29 is 28.7 Å². The fourth-order valence-corrected chi connectivity index (χ4v) is 13.7. The predicted molar refractivity (Wildman–Crippen MR) is 270 cm³/mol. The second-order valence-electron chi connectivity index (χ2n) is 22.8. The van der Waals surface area contributed by atoms with E-state index in [9.17, 15) is 0 Å². The zero-order valence-electron chi connectivity index (χ0n) is 40.6. The van der Waals surface area contributed by atoms with Crippen molar-refractivity contribution >= 4 is 22.9 Å². The second kappa shape index (κ2) is 14.9. The van der Waals surface area contributed by atoms with Gasteiger partial charge in [0.2, 0.25) is 11.6 Å². The summed E-state index contributed by atoms with van der Waals surface area (Å²) in [7, 11) is 0. The van der Waals surface area contributed by atoms with E-state index in [0.717, 1.165) is 44.8 Å². The number of ketones is 2. The van der Waals surface area contributed by atoms with E-state index in [-0.39, 0.29) is 24.4 Å². The predicted octanol–water partition coefficient (Wildman–Crippen LogP) is 12.0. The van der Waals surface area contributed by atoms with Gasteiger partial charge in [-0.1, -0.05) is 175 Å². The van der Waals surface area contributed by atoms with E-state index in [1.165, 1.54) is 0 Å². The molecule has 2 aliphatic carbocycles. The standard InChI is InChI=1S/C62H58N2O6/c1-57(2,3)61-37-45-33-41-25-19-28-44-36-60(68-52(41)44)54-50(40-23-13-8-14-24-40)64(48-31-17-10-18-32-48)70-62(54,58(4,5)6)38-46(56(60)66)34-42-26-20-27-43-35-59(55(45)65,67-51(42)43)53(61)49(39-21-11-7-12-22-39)63(69-61)47-29-15-9-16-30-47/h7-32,37-38,49-50,53-54H,33-36H2,1-6H3. The maximum Gasteiger partial charge on any atom is 0.203 e. The molecular weight excluding hydrogens is 869 g/mol. The number of carbonyl (C=O) groups is 2. The van der Waals surface area contributed by atoms with E-state index in [1.54, 1.807) is 0 Å². The topological polar surface area (TPSA) is 77.5 Å². The molecule has 8 unspecified atom stereocenters. The van der Waals surface area contributed by atoms with Crippen LogP contribution in [-0.4, -0.2) is 34.0 Å². The third-order valence-electron chi connectivity index (χ3n) is 16.9. The molecule has 7 aliphatic rings. The number of rotatable bonds is 4. The Balaban J connectivity index is 1.07. The first-order chi connectivity index (χ1) is 33.7. The number of carbonyl (C=O) groups excluding carboxylic acids is 2. The van der Waals surface area contributed by atoms with Gasteiger partial charge in [0, 0.05) is 36.8 Å². The molecule has 5 heterocycles. The first kappa shape index (κ1) is 43.3. The summed E-state index contributed by atoms with van der Waals surface area (Å²) < 4.78 is 15.4. The first-order valence-electron chi connectivity index (χ1n) is 25.0. The van der Waals surface area contributed by atoms with Crippen molar-refractivity contribution in [2.75, 3.05) is 10.1 Å². The van der Waals surface area contributed by atoms with E-state index >= 15 is 9.59 Å². The largest absolute Gasteiger partial charge is 0.478 e. The average molecular weight is 927 g/mol. The molecule has 2 saturated heterocycles. The molecule has 70 heavy (non-hydrogen) atoms. The fraction of sp³-hybridized carbons (Fsp3) is 0.323. The molecule has 5 aliphatic heterocycles. The monoisotopic (exact) mass is 926 g/mol. The van der Waals surface area contributed by atoms with Gasteiger partial charge in [-0.15, -0.1) is 0 Å². The fourth-order valence-electron chi connectivity index (χ4n) is 13.7. The molecule has 0 amide bonds. The van der Waals surface area contributed by atoms with Gasteiger partial charge in [-0.05, 0) is 80.6 Å². The Morgan fingerprint density at radius 2 is 0.786 bits per heavy atom. The maximum atomic E-state index is 16.4. The number of hydroxylamine groups is 2. The number of hydrogen-bond donors (Lipinski definition) is 0. The number of ether oxygens (including phenoxy) is 2. The molecule has 0 aromatic heterocycles. The number of nitrogens with zero attached hydrogens (tertiary/aromatic N) is 2. The van der Waals surface area contributed by atoms with Crippen molar-refractivity contribution in [1.82, 2.24) is 0 Å². The quantitative estimate of drug-likeness (QED) is 0.173. The molecule has 352 valence electrons. The average Bonchev–Trinajstić information content (AvgIpc) is 4.14. The molecular formula is C62H58N2O6. The van der Waals surface area contributed by atoms with Gasteiger partial charge >= 0.3 is 0 Å². The SMILES string of the molecule is CC(C)(C)C12C=C3Cc4cccc5c4OC4(C5)C(=O)C(=CC5(C(C)(C)C)ON(c6ccccc6)C(c6ccccc6)C45)Cc4cccc5c4OC(C5)(C3=O)C1C(c1ccccc1)N(c1ccccc1)O2. The Labute approximate surface area is 410 Å². The van der Waals surface area contributed by atoms with Crippen LogP contribution >= 0.6 is 0 Å². The van der Waals surface area contributed by atoms with Crippen LogP contribution in [0.1, 0.15) is 87.0 Å². The lowest BCUT2D eigenvalue weighted by Crippen LogP contribution is -2.65. The molecule has 6 aromatic rings. The van der Waals surface area contributed by atoms with Gasteiger partial charge < -0.3 is 9.47 Å². The van der Waals surface area contributed by atoms with Gasteiger partial charge in [-0.2, -0.15) is 0 Å². The minimum Gasteiger partial charge on any atom is -0.478 e. The Morgan fingerprint density at radius 1 is 0.443 bits per heavy atom. The summed E-state index contributed by atoms with van der Waals surface area (Å²) in [4.78, 5) is 48.0. The maximum absolute atomic E-state index is 16.4. The minimum absolute atomic E-state index is 0.0459. The zero-order chi connectivity index (χ0) is 48.0. The van der Waals surface area contributed by atoms with Gasteiger partial charge in [0.15, 0.2) is 11.2 Å². The van der Waals surface area contributed by atoms with E-state index in [1.807, 2.05) is 58.7 Å². The first-order valence-corrected chi connectivity index (χ1v) is 25.0. The van der Waals surface area contributed by atoms with Gasteiger partial charge in [0.05, 0.1) is 35.3 Å². The zero-order valence-corrected chi connectivity index (χ0v) is 40.6. The van der Waals surface area contributed by atoms with Crippen LogP contribution in [0.15, 0.2) is 181 Å². The van der Waals surface area contributed by atoms with Crippen molar-refractivity contribution in [3.63, 3.8) is 0 Å². The molecule has 8 nitrogen and oxygen atoms in total. The smallest absolute Gasteiger partial charge is 0.203 e. The lowest BCUT2D eigenvalue weighted by atomic mass is 9.55. The summed E-state index contributed by atoms with van der Waals surface area (Å²) in [5, 5.41) is 4.10. The van der Waals surface area contributed by atoms with Crippen LogP contribution in [0.2, 0.25) is 0 Å². The number of anilines is 2. The van der Waals surface area contributed by atoms with Crippen molar-refractivity contribution in [3.8, 4) is 11.5 Å². The molecule has 8 heteroatoms. The van der Waals surface area contributed by atoms with Gasteiger partial charge in [0.25, 0.3) is 0 Å². The Morgan fingerprint density at radius 3 is 1.14 bits per heavy atom. The van der Waals surface area contributed by atoms with Crippen molar-refractivity contribution in [2.45, 2.75) is 102 Å². The highest BCUT2D eigenvalue weighted by Crippen LogP contribution is 2.67. The molecule has 2 fully saturated rings. The Bertz CT molecular complexity index is 2960. The van der Waals surface area contributed by atoms with Gasteiger partial charge in [-0.3, -0.25) is 19.3 Å². The van der Waals surface area contributed by atoms with E-state index < -0.39 is 57.2 Å². The van der Waals surface area contributed by atoms with E-state index in [2.05, 4.69) is 163 Å². The molecule has 2 spiro atoms. The summed E-state index contributed by atoms with van der Waals surface area (Å²) in [6, 6.07) is 52.9. The van der Waals surface area contributed by atoms with Crippen molar-refractivity contribution in [2.24, 2.45) is 22.7 Å².